The van der Waals surface area contributed by atoms with Crippen molar-refractivity contribution in [3.05, 3.63) is 18.0 Å². The first kappa shape index (κ1) is 15.0. The van der Waals surface area contributed by atoms with Gasteiger partial charge in [0.25, 0.3) is 0 Å². The SMILES string of the molecule is CNC(=O)CC[C@]1(OC)CCCN(Cc2ccn[nH]2)C1. The zero-order chi connectivity index (χ0) is 14.4. The lowest BCUT2D eigenvalue weighted by atomic mass is 9.87. The van der Waals surface area contributed by atoms with Crippen LogP contribution in [-0.2, 0) is 16.1 Å². The highest BCUT2D eigenvalue weighted by molar-refractivity contribution is 5.75. The van der Waals surface area contributed by atoms with Crippen molar-refractivity contribution in [3.8, 4) is 0 Å². The van der Waals surface area contributed by atoms with E-state index in [0.717, 1.165) is 44.6 Å². The lowest BCUT2D eigenvalue weighted by molar-refractivity contribution is -0.124. The van der Waals surface area contributed by atoms with E-state index in [9.17, 15) is 4.79 Å². The molecule has 6 heteroatoms. The van der Waals surface area contributed by atoms with E-state index in [0.29, 0.717) is 6.42 Å². The van der Waals surface area contributed by atoms with Gasteiger partial charge in [0.15, 0.2) is 0 Å². The number of hydrogen-bond acceptors (Lipinski definition) is 4. The summed E-state index contributed by atoms with van der Waals surface area (Å²) >= 11 is 0. The molecule has 0 unspecified atom stereocenters. The van der Waals surface area contributed by atoms with Crippen LogP contribution in [0.5, 0.6) is 0 Å². The molecule has 1 aliphatic heterocycles. The number of rotatable bonds is 6. The molecule has 1 fully saturated rings. The number of aromatic nitrogens is 2. The smallest absolute Gasteiger partial charge is 0.219 e. The number of amides is 1. The van der Waals surface area contributed by atoms with Crippen LogP contribution >= 0.6 is 0 Å². The van der Waals surface area contributed by atoms with E-state index in [-0.39, 0.29) is 11.5 Å². The number of ether oxygens (including phenoxy) is 1. The van der Waals surface area contributed by atoms with Gasteiger partial charge in [0.05, 0.1) is 5.60 Å². The summed E-state index contributed by atoms with van der Waals surface area (Å²) in [6.07, 6.45) is 5.16. The molecule has 1 aliphatic rings. The summed E-state index contributed by atoms with van der Waals surface area (Å²) in [5.74, 6) is 0.0760. The molecule has 2 rings (SSSR count). The van der Waals surface area contributed by atoms with E-state index in [2.05, 4.69) is 20.4 Å². The van der Waals surface area contributed by atoms with Gasteiger partial charge >= 0.3 is 0 Å². The second-order valence-electron chi connectivity index (χ2n) is 5.46. The molecule has 1 saturated heterocycles. The standard InChI is InChI=1S/C14H24N4O2/c1-15-13(19)4-7-14(20-2)6-3-9-18(11-14)10-12-5-8-16-17-12/h5,8H,3-4,6-7,9-11H2,1-2H3,(H,15,19)(H,16,17)/t14-/m1/s1. The number of H-pyrrole nitrogens is 1. The Labute approximate surface area is 119 Å². The Morgan fingerprint density at radius 2 is 2.50 bits per heavy atom. The molecule has 0 aromatic carbocycles. The van der Waals surface area contributed by atoms with Crippen LogP contribution in [0.2, 0.25) is 0 Å². The van der Waals surface area contributed by atoms with Crippen molar-refractivity contribution in [2.24, 2.45) is 0 Å². The number of nitrogens with one attached hydrogen (secondary N) is 2. The molecular weight excluding hydrogens is 256 g/mol. The molecule has 1 atom stereocenters. The van der Waals surface area contributed by atoms with E-state index in [1.165, 1.54) is 0 Å². The van der Waals surface area contributed by atoms with Gasteiger partial charge in [-0.15, -0.1) is 0 Å². The van der Waals surface area contributed by atoms with Crippen LogP contribution in [0.25, 0.3) is 0 Å². The Hall–Kier alpha value is -1.40. The molecule has 1 amide bonds. The lowest BCUT2D eigenvalue weighted by Gasteiger charge is -2.41. The normalized spacial score (nSPS) is 23.7. The van der Waals surface area contributed by atoms with Gasteiger partial charge in [-0.3, -0.25) is 14.8 Å². The number of likely N-dealkylation sites (tertiary alicyclic amines) is 1. The minimum Gasteiger partial charge on any atom is -0.377 e. The molecule has 0 radical (unpaired) electrons. The van der Waals surface area contributed by atoms with Crippen molar-refractivity contribution in [1.82, 2.24) is 20.4 Å². The molecule has 112 valence electrons. The maximum Gasteiger partial charge on any atom is 0.219 e. The molecule has 2 N–H and O–H groups in total. The third-order valence-corrected chi connectivity index (χ3v) is 4.09. The Balaban J connectivity index is 1.93. The second kappa shape index (κ2) is 6.85. The molecule has 0 bridgehead atoms. The van der Waals surface area contributed by atoms with Gasteiger partial charge in [-0.05, 0) is 31.9 Å². The number of aromatic amines is 1. The Bertz CT molecular complexity index is 421. The monoisotopic (exact) mass is 280 g/mol. The topological polar surface area (TPSA) is 70.2 Å². The number of methoxy groups -OCH3 is 1. The highest BCUT2D eigenvalue weighted by atomic mass is 16.5. The van der Waals surface area contributed by atoms with Crippen LogP contribution in [0.1, 0.15) is 31.4 Å². The molecule has 2 heterocycles. The van der Waals surface area contributed by atoms with E-state index in [1.54, 1.807) is 20.4 Å². The number of carbonyl (C=O) groups is 1. The average molecular weight is 280 g/mol. The number of hydrogen-bond donors (Lipinski definition) is 2. The van der Waals surface area contributed by atoms with Crippen LogP contribution in [0.4, 0.5) is 0 Å². The zero-order valence-electron chi connectivity index (χ0n) is 12.3. The summed E-state index contributed by atoms with van der Waals surface area (Å²) in [5.41, 5.74) is 0.910. The lowest BCUT2D eigenvalue weighted by Crippen LogP contribution is -2.49. The summed E-state index contributed by atoms with van der Waals surface area (Å²) in [5, 5.41) is 9.64. The summed E-state index contributed by atoms with van der Waals surface area (Å²) < 4.78 is 5.78. The molecule has 0 aliphatic carbocycles. The van der Waals surface area contributed by atoms with Gasteiger partial charge < -0.3 is 10.1 Å². The van der Waals surface area contributed by atoms with E-state index >= 15 is 0 Å². The highest BCUT2D eigenvalue weighted by Gasteiger charge is 2.35. The number of nitrogens with zero attached hydrogens (tertiary/aromatic N) is 2. The Morgan fingerprint density at radius 1 is 1.65 bits per heavy atom. The first-order chi connectivity index (χ1) is 9.67. The molecule has 6 nitrogen and oxygen atoms in total. The van der Waals surface area contributed by atoms with Crippen molar-refractivity contribution in [2.75, 3.05) is 27.2 Å². The van der Waals surface area contributed by atoms with Gasteiger partial charge in [-0.2, -0.15) is 5.10 Å². The quantitative estimate of drug-likeness (QED) is 0.813. The number of piperidine rings is 1. The largest absolute Gasteiger partial charge is 0.377 e. The first-order valence-corrected chi connectivity index (χ1v) is 7.14. The van der Waals surface area contributed by atoms with Crippen LogP contribution in [0, 0.1) is 0 Å². The molecule has 1 aromatic heterocycles. The van der Waals surface area contributed by atoms with Gasteiger partial charge in [-0.25, -0.2) is 0 Å². The van der Waals surface area contributed by atoms with Gasteiger partial charge in [0.2, 0.25) is 5.91 Å². The maximum atomic E-state index is 11.5. The minimum atomic E-state index is -0.204. The minimum absolute atomic E-state index is 0.0760. The molecular formula is C14H24N4O2. The van der Waals surface area contributed by atoms with Crippen LogP contribution in [0.15, 0.2) is 12.3 Å². The predicted molar refractivity (Wildman–Crippen MR) is 76.1 cm³/mol. The molecule has 1 aromatic rings. The predicted octanol–water partition coefficient (Wildman–Crippen LogP) is 0.917. The fraction of sp³-hybridized carbons (Fsp3) is 0.714. The average Bonchev–Trinajstić information content (AvgIpc) is 2.98. The molecule has 20 heavy (non-hydrogen) atoms. The fourth-order valence-corrected chi connectivity index (χ4v) is 2.88. The fourth-order valence-electron chi connectivity index (χ4n) is 2.88. The van der Waals surface area contributed by atoms with E-state index < -0.39 is 0 Å². The molecule has 0 saturated carbocycles. The maximum absolute atomic E-state index is 11.5. The van der Waals surface area contributed by atoms with Crippen molar-refractivity contribution in [2.45, 2.75) is 37.8 Å². The molecule has 0 spiro atoms. The van der Waals surface area contributed by atoms with E-state index in [4.69, 9.17) is 4.74 Å². The first-order valence-electron chi connectivity index (χ1n) is 7.14. The summed E-state index contributed by atoms with van der Waals surface area (Å²) in [6, 6.07) is 1.99. The number of carbonyl (C=O) groups excluding carboxylic acids is 1. The van der Waals surface area contributed by atoms with Gasteiger partial charge in [-0.1, -0.05) is 0 Å². The van der Waals surface area contributed by atoms with E-state index in [1.807, 2.05) is 6.07 Å². The second-order valence-corrected chi connectivity index (χ2v) is 5.46. The Morgan fingerprint density at radius 3 is 3.15 bits per heavy atom. The van der Waals surface area contributed by atoms with Crippen molar-refractivity contribution >= 4 is 5.91 Å². The third kappa shape index (κ3) is 3.80. The summed E-state index contributed by atoms with van der Waals surface area (Å²) in [7, 11) is 3.43. The highest BCUT2D eigenvalue weighted by Crippen LogP contribution is 2.29. The summed E-state index contributed by atoms with van der Waals surface area (Å²) in [6.45, 7) is 2.77. The van der Waals surface area contributed by atoms with Crippen LogP contribution in [-0.4, -0.2) is 53.9 Å². The Kier molecular flexibility index (Phi) is 5.14. The van der Waals surface area contributed by atoms with Crippen LogP contribution in [0.3, 0.4) is 0 Å². The van der Waals surface area contributed by atoms with Crippen molar-refractivity contribution in [1.29, 1.82) is 0 Å². The van der Waals surface area contributed by atoms with Crippen LogP contribution < -0.4 is 5.32 Å². The van der Waals surface area contributed by atoms with Gasteiger partial charge in [0.1, 0.15) is 0 Å². The third-order valence-electron chi connectivity index (χ3n) is 4.09. The van der Waals surface area contributed by atoms with Crippen molar-refractivity contribution < 1.29 is 9.53 Å². The van der Waals surface area contributed by atoms with Crippen molar-refractivity contribution in [3.63, 3.8) is 0 Å². The zero-order valence-corrected chi connectivity index (χ0v) is 12.3. The van der Waals surface area contributed by atoms with Gasteiger partial charge in [0, 0.05) is 45.6 Å². The summed E-state index contributed by atoms with van der Waals surface area (Å²) in [4.78, 5) is 13.8.